The first-order valence-electron chi connectivity index (χ1n) is 6.10. The van der Waals surface area contributed by atoms with Gasteiger partial charge in [-0.3, -0.25) is 14.6 Å². The lowest BCUT2D eigenvalue weighted by molar-refractivity contribution is -0.146. The van der Waals surface area contributed by atoms with Gasteiger partial charge in [0.15, 0.2) is 5.82 Å². The number of carbonyl (C=O) groups excluding carboxylic acids is 2. The molecule has 1 aromatic rings. The number of nitrogens with zero attached hydrogens (tertiary/aromatic N) is 2. The van der Waals surface area contributed by atoms with Gasteiger partial charge in [0.05, 0.1) is 24.8 Å². The van der Waals surface area contributed by atoms with E-state index in [-0.39, 0.29) is 23.4 Å². The Balaban J connectivity index is 2.00. The number of pyridine rings is 1. The summed E-state index contributed by atoms with van der Waals surface area (Å²) >= 11 is 0. The Labute approximate surface area is 110 Å². The number of piperidine rings is 1. The van der Waals surface area contributed by atoms with E-state index < -0.39 is 5.82 Å². The van der Waals surface area contributed by atoms with Gasteiger partial charge >= 0.3 is 5.97 Å². The van der Waals surface area contributed by atoms with E-state index >= 15 is 0 Å². The molecule has 0 unspecified atom stereocenters. The second-order valence-corrected chi connectivity index (χ2v) is 4.45. The summed E-state index contributed by atoms with van der Waals surface area (Å²) in [6.07, 6.45) is 3.50. The lowest BCUT2D eigenvalue weighted by Crippen LogP contribution is -2.40. The molecule has 2 heterocycles. The van der Waals surface area contributed by atoms with E-state index in [2.05, 4.69) is 9.72 Å². The monoisotopic (exact) mass is 266 g/mol. The maximum absolute atomic E-state index is 13.5. The van der Waals surface area contributed by atoms with Crippen LogP contribution in [0.1, 0.15) is 23.2 Å². The zero-order valence-corrected chi connectivity index (χ0v) is 10.6. The molecule has 0 aromatic carbocycles. The fraction of sp³-hybridized carbons (Fsp3) is 0.462. The number of hydrogen-bond donors (Lipinski definition) is 0. The number of halogens is 1. The second kappa shape index (κ2) is 5.77. The number of rotatable bonds is 2. The number of amides is 1. The quantitative estimate of drug-likeness (QED) is 0.756. The molecular weight excluding hydrogens is 251 g/mol. The van der Waals surface area contributed by atoms with Crippen molar-refractivity contribution in [1.82, 2.24) is 9.88 Å². The summed E-state index contributed by atoms with van der Waals surface area (Å²) in [7, 11) is 1.35. The molecule has 0 N–H and O–H groups in total. The van der Waals surface area contributed by atoms with Crippen LogP contribution in [-0.2, 0) is 9.53 Å². The van der Waals surface area contributed by atoms with E-state index in [0.717, 1.165) is 6.20 Å². The number of methoxy groups -OCH3 is 1. The summed E-state index contributed by atoms with van der Waals surface area (Å²) in [4.78, 5) is 28.6. The van der Waals surface area contributed by atoms with Crippen LogP contribution >= 0.6 is 0 Å². The van der Waals surface area contributed by atoms with Gasteiger partial charge in [0.1, 0.15) is 0 Å². The van der Waals surface area contributed by atoms with Gasteiger partial charge in [-0.2, -0.15) is 0 Å². The van der Waals surface area contributed by atoms with Crippen molar-refractivity contribution < 1.29 is 18.7 Å². The van der Waals surface area contributed by atoms with Gasteiger partial charge in [0.2, 0.25) is 0 Å². The van der Waals surface area contributed by atoms with Crippen LogP contribution in [0.3, 0.4) is 0 Å². The third-order valence-corrected chi connectivity index (χ3v) is 3.32. The van der Waals surface area contributed by atoms with Crippen LogP contribution < -0.4 is 0 Å². The van der Waals surface area contributed by atoms with Crippen LogP contribution in [-0.4, -0.2) is 42.0 Å². The van der Waals surface area contributed by atoms with Crippen LogP contribution in [0.5, 0.6) is 0 Å². The van der Waals surface area contributed by atoms with Crippen LogP contribution in [0.4, 0.5) is 4.39 Å². The minimum atomic E-state index is -0.623. The molecule has 0 radical (unpaired) electrons. The van der Waals surface area contributed by atoms with Crippen LogP contribution in [0.15, 0.2) is 18.5 Å². The summed E-state index contributed by atoms with van der Waals surface area (Å²) < 4.78 is 18.1. The molecule has 0 bridgehead atoms. The maximum Gasteiger partial charge on any atom is 0.308 e. The largest absolute Gasteiger partial charge is 0.469 e. The molecule has 102 valence electrons. The average Bonchev–Trinajstić information content (AvgIpc) is 2.46. The maximum atomic E-state index is 13.5. The molecule has 6 heteroatoms. The summed E-state index contributed by atoms with van der Waals surface area (Å²) in [6, 6.07) is 1.37. The molecule has 19 heavy (non-hydrogen) atoms. The lowest BCUT2D eigenvalue weighted by Gasteiger charge is -2.30. The molecule has 0 aliphatic carbocycles. The van der Waals surface area contributed by atoms with E-state index in [1.807, 2.05) is 0 Å². The molecule has 2 rings (SSSR count). The molecule has 5 nitrogen and oxygen atoms in total. The van der Waals surface area contributed by atoms with Gasteiger partial charge in [-0.05, 0) is 18.9 Å². The van der Waals surface area contributed by atoms with Crippen LogP contribution in [0.25, 0.3) is 0 Å². The van der Waals surface area contributed by atoms with Gasteiger partial charge in [-0.25, -0.2) is 4.39 Å². The Kier molecular flexibility index (Phi) is 4.09. The van der Waals surface area contributed by atoms with E-state index in [1.165, 1.54) is 19.4 Å². The fourth-order valence-electron chi connectivity index (χ4n) is 2.20. The summed E-state index contributed by atoms with van der Waals surface area (Å²) in [6.45, 7) is 0.862. The molecule has 1 saturated heterocycles. The predicted molar refractivity (Wildman–Crippen MR) is 64.8 cm³/mol. The highest BCUT2D eigenvalue weighted by atomic mass is 19.1. The highest BCUT2D eigenvalue weighted by molar-refractivity contribution is 5.94. The third-order valence-electron chi connectivity index (χ3n) is 3.32. The zero-order valence-electron chi connectivity index (χ0n) is 10.6. The standard InChI is InChI=1S/C13H15FN2O3/c1-19-13(18)9-3-6-16(7-4-9)12(17)10-2-5-15-8-11(10)14/h2,5,8-9H,3-4,6-7H2,1H3. The normalized spacial score (nSPS) is 16.2. The second-order valence-electron chi connectivity index (χ2n) is 4.45. The van der Waals surface area contributed by atoms with Crippen molar-refractivity contribution >= 4 is 11.9 Å². The first-order valence-corrected chi connectivity index (χ1v) is 6.10. The first-order chi connectivity index (χ1) is 9.13. The van der Waals surface area contributed by atoms with Crippen molar-refractivity contribution in [3.63, 3.8) is 0 Å². The first kappa shape index (κ1) is 13.5. The number of carbonyl (C=O) groups is 2. The highest BCUT2D eigenvalue weighted by Gasteiger charge is 2.29. The number of likely N-dealkylation sites (tertiary alicyclic amines) is 1. The van der Waals surface area contributed by atoms with Crippen molar-refractivity contribution in [1.29, 1.82) is 0 Å². The molecule has 0 atom stereocenters. The van der Waals surface area contributed by atoms with Gasteiger partial charge in [-0.15, -0.1) is 0 Å². The summed E-state index contributed by atoms with van der Waals surface area (Å²) in [5.41, 5.74) is 0.0199. The van der Waals surface area contributed by atoms with Crippen molar-refractivity contribution in [2.75, 3.05) is 20.2 Å². The molecule has 0 saturated carbocycles. The zero-order chi connectivity index (χ0) is 13.8. The third kappa shape index (κ3) is 2.89. The molecule has 1 aliphatic heterocycles. The molecule has 1 amide bonds. The van der Waals surface area contributed by atoms with Gasteiger partial charge in [-0.1, -0.05) is 0 Å². The van der Waals surface area contributed by atoms with Gasteiger partial charge < -0.3 is 9.64 Å². The SMILES string of the molecule is COC(=O)C1CCN(C(=O)c2ccncc2F)CC1. The molecular formula is C13H15FN2O3. The minimum Gasteiger partial charge on any atom is -0.469 e. The predicted octanol–water partition coefficient (Wildman–Crippen LogP) is 1.25. The Morgan fingerprint density at radius 2 is 2.11 bits per heavy atom. The van der Waals surface area contributed by atoms with Crippen molar-refractivity contribution in [3.8, 4) is 0 Å². The number of ether oxygens (including phenoxy) is 1. The highest BCUT2D eigenvalue weighted by Crippen LogP contribution is 2.20. The molecule has 0 spiro atoms. The molecule has 1 aromatic heterocycles. The van der Waals surface area contributed by atoms with Crippen molar-refractivity contribution in [2.45, 2.75) is 12.8 Å². The topological polar surface area (TPSA) is 59.5 Å². The van der Waals surface area contributed by atoms with Crippen LogP contribution in [0, 0.1) is 11.7 Å². The smallest absolute Gasteiger partial charge is 0.308 e. The Morgan fingerprint density at radius 1 is 1.42 bits per heavy atom. The van der Waals surface area contributed by atoms with E-state index in [0.29, 0.717) is 25.9 Å². The summed E-state index contributed by atoms with van der Waals surface area (Å²) in [5, 5.41) is 0. The van der Waals surface area contributed by atoms with Gasteiger partial charge in [0.25, 0.3) is 5.91 Å². The van der Waals surface area contributed by atoms with Gasteiger partial charge in [0, 0.05) is 19.3 Å². The van der Waals surface area contributed by atoms with Crippen LogP contribution in [0.2, 0.25) is 0 Å². The summed E-state index contributed by atoms with van der Waals surface area (Å²) in [5.74, 6) is -1.40. The number of aromatic nitrogens is 1. The minimum absolute atomic E-state index is 0.0199. The molecule has 1 fully saturated rings. The number of hydrogen-bond acceptors (Lipinski definition) is 4. The van der Waals surface area contributed by atoms with Crippen molar-refractivity contribution in [3.05, 3.63) is 29.8 Å². The average molecular weight is 266 g/mol. The van der Waals surface area contributed by atoms with Crippen molar-refractivity contribution in [2.24, 2.45) is 5.92 Å². The van der Waals surface area contributed by atoms with E-state index in [9.17, 15) is 14.0 Å². The Hall–Kier alpha value is -1.98. The number of esters is 1. The van der Waals surface area contributed by atoms with E-state index in [1.54, 1.807) is 4.90 Å². The Morgan fingerprint density at radius 3 is 2.68 bits per heavy atom. The molecule has 1 aliphatic rings. The Bertz CT molecular complexity index is 485. The van der Waals surface area contributed by atoms with E-state index in [4.69, 9.17) is 0 Å². The fourth-order valence-corrected chi connectivity index (χ4v) is 2.20. The lowest BCUT2D eigenvalue weighted by atomic mass is 9.96.